The summed E-state index contributed by atoms with van der Waals surface area (Å²) >= 11 is 0. The third-order valence-corrected chi connectivity index (χ3v) is 2.64. The van der Waals surface area contributed by atoms with Crippen LogP contribution in [0.2, 0.25) is 0 Å². The molecular formula is C12H17N3O5. The van der Waals surface area contributed by atoms with Gasteiger partial charge in [-0.15, -0.1) is 0 Å². The number of nitrogens with zero attached hydrogens (tertiary/aromatic N) is 1. The van der Waals surface area contributed by atoms with Crippen LogP contribution >= 0.6 is 0 Å². The Bertz CT molecular complexity index is 504. The van der Waals surface area contributed by atoms with Crippen molar-refractivity contribution in [2.45, 2.75) is 6.42 Å². The van der Waals surface area contributed by atoms with Gasteiger partial charge in [0.25, 0.3) is 5.69 Å². The number of carbonyl (C=O) groups is 1. The van der Waals surface area contributed by atoms with Crippen molar-refractivity contribution >= 4 is 17.3 Å². The third kappa shape index (κ3) is 3.74. The van der Waals surface area contributed by atoms with Gasteiger partial charge in [-0.05, 0) is 0 Å². The molecule has 0 fully saturated rings. The second-order valence-electron chi connectivity index (χ2n) is 3.83. The summed E-state index contributed by atoms with van der Waals surface area (Å²) in [6.45, 7) is 0.274. The van der Waals surface area contributed by atoms with Crippen molar-refractivity contribution < 1.29 is 19.2 Å². The Hall–Kier alpha value is -2.51. The summed E-state index contributed by atoms with van der Waals surface area (Å²) in [7, 11) is 4.37. The van der Waals surface area contributed by atoms with E-state index in [1.807, 2.05) is 0 Å². The maximum absolute atomic E-state index is 11.1. The Morgan fingerprint density at radius 2 is 1.90 bits per heavy atom. The number of amides is 1. The molecule has 1 rings (SSSR count). The van der Waals surface area contributed by atoms with Crippen molar-refractivity contribution in [2.24, 2.45) is 0 Å². The van der Waals surface area contributed by atoms with Crippen LogP contribution in [0.3, 0.4) is 0 Å². The fourth-order valence-corrected chi connectivity index (χ4v) is 1.60. The molecule has 1 aromatic carbocycles. The number of hydrogen-bond acceptors (Lipinski definition) is 6. The van der Waals surface area contributed by atoms with Crippen LogP contribution in [-0.2, 0) is 4.79 Å². The van der Waals surface area contributed by atoms with Gasteiger partial charge in [0.1, 0.15) is 5.69 Å². The number of nitrogens with one attached hydrogen (secondary N) is 2. The first-order valence-corrected chi connectivity index (χ1v) is 5.88. The number of anilines is 1. The molecule has 0 unspecified atom stereocenters. The zero-order valence-corrected chi connectivity index (χ0v) is 11.6. The lowest BCUT2D eigenvalue weighted by atomic mass is 10.2. The van der Waals surface area contributed by atoms with Crippen LogP contribution in [0.25, 0.3) is 0 Å². The van der Waals surface area contributed by atoms with Crippen molar-refractivity contribution in [3.8, 4) is 11.5 Å². The highest BCUT2D eigenvalue weighted by Gasteiger charge is 2.19. The summed E-state index contributed by atoms with van der Waals surface area (Å²) in [5, 5.41) is 16.4. The van der Waals surface area contributed by atoms with E-state index in [0.29, 0.717) is 5.75 Å². The maximum Gasteiger partial charge on any atom is 0.296 e. The van der Waals surface area contributed by atoms with E-state index in [1.165, 1.54) is 33.4 Å². The van der Waals surface area contributed by atoms with Gasteiger partial charge >= 0.3 is 0 Å². The molecule has 8 heteroatoms. The molecule has 8 nitrogen and oxygen atoms in total. The van der Waals surface area contributed by atoms with Crippen LogP contribution in [0, 0.1) is 10.1 Å². The van der Waals surface area contributed by atoms with Crippen LogP contribution in [0.5, 0.6) is 11.5 Å². The number of benzene rings is 1. The number of nitro benzene ring substituents is 1. The second kappa shape index (κ2) is 7.17. The van der Waals surface area contributed by atoms with Crippen molar-refractivity contribution in [2.75, 3.05) is 33.1 Å². The Morgan fingerprint density at radius 1 is 1.30 bits per heavy atom. The highest BCUT2D eigenvalue weighted by atomic mass is 16.6. The zero-order valence-electron chi connectivity index (χ0n) is 11.6. The van der Waals surface area contributed by atoms with Crippen LogP contribution < -0.4 is 20.1 Å². The molecule has 0 aliphatic heterocycles. The molecular weight excluding hydrogens is 266 g/mol. The van der Waals surface area contributed by atoms with E-state index in [0.717, 1.165) is 0 Å². The molecule has 1 amide bonds. The quantitative estimate of drug-likeness (QED) is 0.575. The Balaban J connectivity index is 2.97. The summed E-state index contributed by atoms with van der Waals surface area (Å²) in [6.07, 6.45) is 0.210. The Morgan fingerprint density at radius 3 is 2.40 bits per heavy atom. The monoisotopic (exact) mass is 283 g/mol. The van der Waals surface area contributed by atoms with Gasteiger partial charge in [-0.3, -0.25) is 14.9 Å². The molecule has 110 valence electrons. The molecule has 20 heavy (non-hydrogen) atoms. The predicted octanol–water partition coefficient (Wildman–Crippen LogP) is 1.16. The largest absolute Gasteiger partial charge is 0.493 e. The lowest BCUT2D eigenvalue weighted by Gasteiger charge is -2.11. The molecule has 0 spiro atoms. The molecule has 0 saturated heterocycles. The first kappa shape index (κ1) is 15.5. The fourth-order valence-electron chi connectivity index (χ4n) is 1.60. The molecule has 0 aliphatic carbocycles. The van der Waals surface area contributed by atoms with Gasteiger partial charge < -0.3 is 20.1 Å². The minimum atomic E-state index is -0.524. The predicted molar refractivity (Wildman–Crippen MR) is 73.4 cm³/mol. The first-order valence-electron chi connectivity index (χ1n) is 5.88. The molecule has 0 atom stereocenters. The molecule has 0 radical (unpaired) electrons. The van der Waals surface area contributed by atoms with Gasteiger partial charge in [-0.2, -0.15) is 0 Å². The van der Waals surface area contributed by atoms with E-state index in [1.54, 1.807) is 0 Å². The minimum Gasteiger partial charge on any atom is -0.493 e. The van der Waals surface area contributed by atoms with Crippen molar-refractivity contribution in [3.63, 3.8) is 0 Å². The zero-order chi connectivity index (χ0) is 15.1. The number of carbonyl (C=O) groups excluding carboxylic acids is 1. The summed E-state index contributed by atoms with van der Waals surface area (Å²) in [5.74, 6) is 0.497. The number of nitro groups is 1. The van der Waals surface area contributed by atoms with Crippen LogP contribution in [-0.4, -0.2) is 38.6 Å². The average Bonchev–Trinajstić information content (AvgIpc) is 2.45. The number of rotatable bonds is 7. The van der Waals surface area contributed by atoms with Gasteiger partial charge in [0.2, 0.25) is 5.91 Å². The Labute approximate surface area is 116 Å². The van der Waals surface area contributed by atoms with Crippen LogP contribution in [0.4, 0.5) is 11.4 Å². The maximum atomic E-state index is 11.1. The summed E-state index contributed by atoms with van der Waals surface area (Å²) < 4.78 is 10.1. The van der Waals surface area contributed by atoms with E-state index in [9.17, 15) is 14.9 Å². The first-order chi connectivity index (χ1) is 9.53. The smallest absolute Gasteiger partial charge is 0.296 e. The van der Waals surface area contributed by atoms with Gasteiger partial charge in [0.05, 0.1) is 25.2 Å². The van der Waals surface area contributed by atoms with Gasteiger partial charge in [-0.1, -0.05) is 0 Å². The van der Waals surface area contributed by atoms with Gasteiger partial charge in [0.15, 0.2) is 11.5 Å². The number of methoxy groups -OCH3 is 2. The summed E-state index contributed by atoms with van der Waals surface area (Å²) in [5.41, 5.74) is 0.135. The van der Waals surface area contributed by atoms with E-state index < -0.39 is 4.92 Å². The lowest BCUT2D eigenvalue weighted by Crippen LogP contribution is -2.21. The highest BCUT2D eigenvalue weighted by molar-refractivity contribution is 5.76. The molecule has 0 heterocycles. The standard InChI is InChI=1S/C12H17N3O5/c1-13-12(16)4-5-14-8-6-10(19-2)11(20-3)7-9(8)15(17)18/h6-7,14H,4-5H2,1-3H3,(H,13,16). The van der Waals surface area contributed by atoms with Crippen LogP contribution in [0.15, 0.2) is 12.1 Å². The second-order valence-corrected chi connectivity index (χ2v) is 3.83. The molecule has 0 aliphatic rings. The molecule has 0 aromatic heterocycles. The van der Waals surface area contributed by atoms with E-state index in [4.69, 9.17) is 9.47 Å². The van der Waals surface area contributed by atoms with E-state index in [-0.39, 0.29) is 36.0 Å². The van der Waals surface area contributed by atoms with Crippen molar-refractivity contribution in [3.05, 3.63) is 22.2 Å². The normalized spacial score (nSPS) is 9.75. The van der Waals surface area contributed by atoms with Gasteiger partial charge in [-0.25, -0.2) is 0 Å². The SMILES string of the molecule is CNC(=O)CCNc1cc(OC)c(OC)cc1[N+](=O)[O-]. The molecule has 0 bridgehead atoms. The minimum absolute atomic E-state index is 0.139. The highest BCUT2D eigenvalue weighted by Crippen LogP contribution is 2.37. The van der Waals surface area contributed by atoms with Crippen molar-refractivity contribution in [1.82, 2.24) is 5.32 Å². The average molecular weight is 283 g/mol. The molecule has 0 saturated carbocycles. The summed E-state index contributed by atoms with van der Waals surface area (Å²) in [4.78, 5) is 21.6. The topological polar surface area (TPSA) is 103 Å². The number of hydrogen-bond donors (Lipinski definition) is 2. The summed E-state index contributed by atoms with van der Waals surface area (Å²) in [6, 6.07) is 2.75. The molecule has 2 N–H and O–H groups in total. The van der Waals surface area contributed by atoms with Crippen molar-refractivity contribution in [1.29, 1.82) is 0 Å². The Kier molecular flexibility index (Phi) is 5.57. The van der Waals surface area contributed by atoms with E-state index in [2.05, 4.69) is 10.6 Å². The van der Waals surface area contributed by atoms with Gasteiger partial charge in [0, 0.05) is 26.1 Å². The fraction of sp³-hybridized carbons (Fsp3) is 0.417. The lowest BCUT2D eigenvalue weighted by molar-refractivity contribution is -0.384. The third-order valence-electron chi connectivity index (χ3n) is 2.64. The van der Waals surface area contributed by atoms with E-state index >= 15 is 0 Å². The molecule has 1 aromatic rings. The number of ether oxygens (including phenoxy) is 2. The van der Waals surface area contributed by atoms with Crippen LogP contribution in [0.1, 0.15) is 6.42 Å².